The van der Waals surface area contributed by atoms with Crippen molar-refractivity contribution in [2.24, 2.45) is 5.10 Å². The maximum Gasteiger partial charge on any atom is 0.435 e. The molecule has 0 saturated heterocycles. The summed E-state index contributed by atoms with van der Waals surface area (Å²) in [7, 11) is 0.963. The summed E-state index contributed by atoms with van der Waals surface area (Å²) in [5.74, 6) is -2.45. The van der Waals surface area contributed by atoms with E-state index in [2.05, 4.69) is 10.1 Å². The number of imide groups is 1. The molecule has 18 heteroatoms. The second-order valence-electron chi connectivity index (χ2n) is 7.62. The van der Waals surface area contributed by atoms with Gasteiger partial charge in [0.05, 0.1) is 16.7 Å². The topological polar surface area (TPSA) is 147 Å². The number of alkyl halides is 6. The van der Waals surface area contributed by atoms with Gasteiger partial charge in [-0.15, -0.1) is 0 Å². The van der Waals surface area contributed by atoms with E-state index in [0.29, 0.717) is 11.0 Å². The van der Waals surface area contributed by atoms with E-state index in [1.54, 1.807) is 5.43 Å². The molecule has 0 atom stereocenters. The number of halogens is 6. The maximum absolute atomic E-state index is 13.5. The number of aromatic nitrogens is 1. The maximum atomic E-state index is 13.5. The smallest absolute Gasteiger partial charge is 0.273 e. The summed E-state index contributed by atoms with van der Waals surface area (Å²) in [5.41, 5.74) is -1.53. The lowest BCUT2D eigenvalue weighted by Gasteiger charge is -2.14. The van der Waals surface area contributed by atoms with Crippen LogP contribution in [0.2, 0.25) is 0 Å². The van der Waals surface area contributed by atoms with Crippen molar-refractivity contribution in [2.45, 2.75) is 12.4 Å². The number of nitrogens with one attached hydrogen (secondary N) is 2. The molecule has 2 aromatic carbocycles. The van der Waals surface area contributed by atoms with Gasteiger partial charge in [0.15, 0.2) is 10.8 Å². The van der Waals surface area contributed by atoms with E-state index in [1.165, 1.54) is 6.07 Å². The molecule has 4 amide bonds. The van der Waals surface area contributed by atoms with Gasteiger partial charge in [-0.1, -0.05) is 23.5 Å². The fourth-order valence-corrected chi connectivity index (χ4v) is 3.82. The molecule has 0 fully saturated rings. The van der Waals surface area contributed by atoms with E-state index in [1.807, 2.05) is 5.32 Å². The van der Waals surface area contributed by atoms with E-state index >= 15 is 0 Å². The number of carbonyl (C=O) groups excluding carboxylic acids is 3. The number of nitro groups is 1. The zero-order chi connectivity index (χ0) is 29.8. The number of amides is 4. The van der Waals surface area contributed by atoms with Crippen LogP contribution in [-0.4, -0.2) is 41.0 Å². The SMILES string of the molecule is CN(C(=O)NC(=O)c1ccc([N+](=O)[O-])cc1)c1nc(C(F)(F)F)c(C(=O)N/N=C/c2cccc(C(F)(F)F)c2)s1. The van der Waals surface area contributed by atoms with Crippen LogP contribution in [-0.2, 0) is 12.4 Å². The van der Waals surface area contributed by atoms with Crippen molar-refractivity contribution >= 4 is 46.2 Å². The van der Waals surface area contributed by atoms with E-state index in [9.17, 15) is 50.8 Å². The van der Waals surface area contributed by atoms with Crippen LogP contribution in [0.15, 0.2) is 53.6 Å². The first-order valence-electron chi connectivity index (χ1n) is 10.5. The number of nitro benzene ring substituents is 1. The number of hydrazone groups is 1. The van der Waals surface area contributed by atoms with Gasteiger partial charge >= 0.3 is 18.4 Å². The summed E-state index contributed by atoms with van der Waals surface area (Å²) in [6, 6.07) is 6.63. The molecule has 1 heterocycles. The molecular weight excluding hydrogens is 574 g/mol. The molecule has 0 bridgehead atoms. The Morgan fingerprint density at radius 3 is 2.25 bits per heavy atom. The van der Waals surface area contributed by atoms with Crippen LogP contribution >= 0.6 is 11.3 Å². The fourth-order valence-electron chi connectivity index (χ4n) is 2.88. The van der Waals surface area contributed by atoms with Crippen molar-refractivity contribution in [1.29, 1.82) is 0 Å². The number of non-ortho nitro benzene ring substituents is 1. The van der Waals surface area contributed by atoms with Crippen molar-refractivity contribution in [1.82, 2.24) is 15.7 Å². The number of anilines is 1. The van der Waals surface area contributed by atoms with E-state index < -0.39 is 56.4 Å². The highest BCUT2D eigenvalue weighted by Crippen LogP contribution is 2.37. The number of rotatable bonds is 6. The van der Waals surface area contributed by atoms with Gasteiger partial charge in [-0.25, -0.2) is 15.2 Å². The van der Waals surface area contributed by atoms with Gasteiger partial charge in [-0.3, -0.25) is 29.9 Å². The Bertz CT molecular complexity index is 1490. The highest BCUT2D eigenvalue weighted by molar-refractivity contribution is 7.17. The molecule has 3 aromatic rings. The molecule has 2 N–H and O–H groups in total. The molecule has 0 unspecified atom stereocenters. The molecule has 0 aliphatic rings. The standard InChI is InChI=1S/C22H14F6N6O5S/c1-33(19(37)31-17(35)12-5-7-14(8-6-12)34(38)39)20-30-16(22(26,27)28)15(40-20)18(36)32-29-10-11-3-2-4-13(9-11)21(23,24)25/h2-10H,1H3,(H,32,36)(H,31,35,37)/b29-10+. The van der Waals surface area contributed by atoms with Crippen molar-refractivity contribution in [3.05, 3.63) is 85.9 Å². The van der Waals surface area contributed by atoms with Gasteiger partial charge < -0.3 is 0 Å². The third-order valence-corrected chi connectivity index (χ3v) is 5.97. The van der Waals surface area contributed by atoms with Crippen molar-refractivity contribution < 1.29 is 45.6 Å². The number of carbonyl (C=O) groups is 3. The molecule has 0 radical (unpaired) electrons. The number of benzene rings is 2. The molecule has 3 rings (SSSR count). The molecule has 11 nitrogen and oxygen atoms in total. The fraction of sp³-hybridized carbons (Fsp3) is 0.136. The summed E-state index contributed by atoms with van der Waals surface area (Å²) >= 11 is 0.124. The van der Waals surface area contributed by atoms with Crippen molar-refractivity contribution in [3.63, 3.8) is 0 Å². The Morgan fingerprint density at radius 1 is 1.02 bits per heavy atom. The lowest BCUT2D eigenvalue weighted by Crippen LogP contribution is -2.40. The normalized spacial score (nSPS) is 11.8. The van der Waals surface area contributed by atoms with Crippen molar-refractivity contribution in [3.8, 4) is 0 Å². The number of urea groups is 1. The van der Waals surface area contributed by atoms with Crippen LogP contribution in [0.4, 0.5) is 42.0 Å². The number of thiazole rings is 1. The molecule has 40 heavy (non-hydrogen) atoms. The highest BCUT2D eigenvalue weighted by atomic mass is 32.1. The minimum Gasteiger partial charge on any atom is -0.273 e. The number of hydrogen-bond acceptors (Lipinski definition) is 8. The predicted octanol–water partition coefficient (Wildman–Crippen LogP) is 4.84. The Morgan fingerprint density at radius 2 is 1.68 bits per heavy atom. The van der Waals surface area contributed by atoms with Gasteiger partial charge in [0.1, 0.15) is 4.88 Å². The van der Waals surface area contributed by atoms with Gasteiger partial charge in [-0.05, 0) is 29.8 Å². The molecule has 0 aliphatic carbocycles. The van der Waals surface area contributed by atoms with Crippen LogP contribution in [0, 0.1) is 10.1 Å². The summed E-state index contributed by atoms with van der Waals surface area (Å²) in [6.07, 6.45) is -9.03. The third-order valence-electron chi connectivity index (χ3n) is 4.84. The predicted molar refractivity (Wildman–Crippen MR) is 128 cm³/mol. The molecular formula is C22H14F6N6O5S. The Balaban J connectivity index is 1.76. The Kier molecular flexibility index (Phi) is 8.52. The van der Waals surface area contributed by atoms with E-state index in [0.717, 1.165) is 49.7 Å². The average molecular weight is 588 g/mol. The Hall–Kier alpha value is -4.87. The molecule has 0 saturated carbocycles. The molecule has 0 aliphatic heterocycles. The highest BCUT2D eigenvalue weighted by Gasteiger charge is 2.40. The van der Waals surface area contributed by atoms with Crippen LogP contribution in [0.25, 0.3) is 0 Å². The second-order valence-corrected chi connectivity index (χ2v) is 8.59. The lowest BCUT2D eigenvalue weighted by atomic mass is 10.1. The minimum absolute atomic E-state index is 0.106. The summed E-state index contributed by atoms with van der Waals surface area (Å²) in [4.78, 5) is 49.9. The first-order valence-corrected chi connectivity index (χ1v) is 11.3. The zero-order valence-corrected chi connectivity index (χ0v) is 20.5. The van der Waals surface area contributed by atoms with E-state index in [-0.39, 0.29) is 28.2 Å². The summed E-state index contributed by atoms with van der Waals surface area (Å²) < 4.78 is 79.1. The van der Waals surface area contributed by atoms with Crippen LogP contribution < -0.4 is 15.6 Å². The van der Waals surface area contributed by atoms with Crippen LogP contribution in [0.5, 0.6) is 0 Å². The Labute approximate surface area is 223 Å². The van der Waals surface area contributed by atoms with Gasteiger partial charge in [0, 0.05) is 24.7 Å². The van der Waals surface area contributed by atoms with Crippen molar-refractivity contribution in [2.75, 3.05) is 11.9 Å². The molecule has 0 spiro atoms. The zero-order valence-electron chi connectivity index (χ0n) is 19.7. The van der Waals surface area contributed by atoms with Crippen LogP contribution in [0.3, 0.4) is 0 Å². The van der Waals surface area contributed by atoms with Gasteiger partial charge in [-0.2, -0.15) is 31.4 Å². The van der Waals surface area contributed by atoms with Crippen LogP contribution in [0.1, 0.15) is 36.9 Å². The number of nitrogens with zero attached hydrogens (tertiary/aromatic N) is 4. The lowest BCUT2D eigenvalue weighted by molar-refractivity contribution is -0.384. The van der Waals surface area contributed by atoms with Gasteiger partial charge in [0.25, 0.3) is 17.5 Å². The third kappa shape index (κ3) is 7.16. The monoisotopic (exact) mass is 588 g/mol. The quantitative estimate of drug-likeness (QED) is 0.182. The van der Waals surface area contributed by atoms with E-state index in [4.69, 9.17) is 0 Å². The molecule has 210 valence electrons. The average Bonchev–Trinajstić information content (AvgIpc) is 3.34. The second kappa shape index (κ2) is 11.5. The number of hydrogen-bond donors (Lipinski definition) is 2. The largest absolute Gasteiger partial charge is 0.435 e. The summed E-state index contributed by atoms with van der Waals surface area (Å²) in [6.45, 7) is 0. The minimum atomic E-state index is -5.15. The summed E-state index contributed by atoms with van der Waals surface area (Å²) in [5, 5.41) is 15.3. The first-order chi connectivity index (χ1) is 18.6. The molecule has 1 aromatic heterocycles. The van der Waals surface area contributed by atoms with Gasteiger partial charge in [0.2, 0.25) is 0 Å². The first kappa shape index (κ1) is 29.7.